The summed E-state index contributed by atoms with van der Waals surface area (Å²) in [5.74, 6) is -2.49. The highest BCUT2D eigenvalue weighted by molar-refractivity contribution is 5.74. The normalized spacial score (nSPS) is 11.8. The van der Waals surface area contributed by atoms with E-state index in [-0.39, 0.29) is 31.0 Å². The van der Waals surface area contributed by atoms with E-state index in [2.05, 4.69) is 10.6 Å². The monoisotopic (exact) mass is 300 g/mol. The quantitative estimate of drug-likeness (QED) is 0.723. The van der Waals surface area contributed by atoms with Gasteiger partial charge in [-0.2, -0.15) is 0 Å². The van der Waals surface area contributed by atoms with E-state index in [1.807, 2.05) is 6.92 Å². The molecule has 1 aromatic rings. The predicted molar refractivity (Wildman–Crippen MR) is 72.6 cm³/mol. The summed E-state index contributed by atoms with van der Waals surface area (Å²) >= 11 is 0. The summed E-state index contributed by atoms with van der Waals surface area (Å²) in [6, 6.07) is 2.58. The summed E-state index contributed by atoms with van der Waals surface area (Å²) in [5, 5.41) is 13.6. The highest BCUT2D eigenvalue weighted by Gasteiger charge is 2.12. The summed E-state index contributed by atoms with van der Waals surface area (Å²) < 4.78 is 26.0. The number of halogens is 2. The van der Waals surface area contributed by atoms with Gasteiger partial charge in [0.1, 0.15) is 11.6 Å². The van der Waals surface area contributed by atoms with Gasteiger partial charge in [-0.05, 0) is 12.0 Å². The highest BCUT2D eigenvalue weighted by atomic mass is 19.1. The minimum Gasteiger partial charge on any atom is -0.481 e. The van der Waals surface area contributed by atoms with Gasteiger partial charge in [-0.1, -0.05) is 19.4 Å². The Hall–Kier alpha value is -2.18. The molecule has 0 aliphatic carbocycles. The van der Waals surface area contributed by atoms with E-state index >= 15 is 0 Å². The van der Waals surface area contributed by atoms with E-state index in [1.165, 1.54) is 6.07 Å². The van der Waals surface area contributed by atoms with Crippen LogP contribution in [0.1, 0.15) is 25.3 Å². The summed E-state index contributed by atoms with van der Waals surface area (Å²) in [4.78, 5) is 22.1. The predicted octanol–water partition coefficient (Wildman–Crippen LogP) is 2.26. The highest BCUT2D eigenvalue weighted by Crippen LogP contribution is 2.09. The van der Waals surface area contributed by atoms with Crippen LogP contribution in [0.4, 0.5) is 13.6 Å². The molecule has 3 N–H and O–H groups in total. The molecule has 0 aliphatic rings. The van der Waals surface area contributed by atoms with E-state index in [0.29, 0.717) is 6.42 Å². The average Bonchev–Trinajstić information content (AvgIpc) is 2.42. The van der Waals surface area contributed by atoms with Crippen LogP contribution in [0.3, 0.4) is 0 Å². The summed E-state index contributed by atoms with van der Waals surface area (Å²) in [6.07, 6.45) is 0.600. The Bertz CT molecular complexity index is 509. The van der Waals surface area contributed by atoms with E-state index in [0.717, 1.165) is 12.1 Å². The zero-order valence-electron chi connectivity index (χ0n) is 11.7. The Morgan fingerprint density at radius 1 is 1.29 bits per heavy atom. The Labute approximate surface area is 121 Å². The van der Waals surface area contributed by atoms with Gasteiger partial charge in [0.05, 0.1) is 0 Å². The number of benzene rings is 1. The molecule has 1 rings (SSSR count). The largest absolute Gasteiger partial charge is 0.481 e. The second-order valence-electron chi connectivity index (χ2n) is 4.67. The number of amides is 2. The maximum atomic E-state index is 13.3. The van der Waals surface area contributed by atoms with Crippen molar-refractivity contribution in [2.24, 2.45) is 5.92 Å². The van der Waals surface area contributed by atoms with Crippen molar-refractivity contribution in [1.82, 2.24) is 10.6 Å². The lowest BCUT2D eigenvalue weighted by Gasteiger charge is -2.14. The first-order valence-corrected chi connectivity index (χ1v) is 6.59. The molecular formula is C14H18F2N2O3. The van der Waals surface area contributed by atoms with Crippen molar-refractivity contribution in [3.63, 3.8) is 0 Å². The number of urea groups is 1. The minimum absolute atomic E-state index is 0.0244. The fraction of sp³-hybridized carbons (Fsp3) is 0.429. The molecule has 0 heterocycles. The topological polar surface area (TPSA) is 78.4 Å². The van der Waals surface area contributed by atoms with Crippen molar-refractivity contribution < 1.29 is 23.5 Å². The average molecular weight is 300 g/mol. The number of hydrogen-bond donors (Lipinski definition) is 3. The van der Waals surface area contributed by atoms with Crippen LogP contribution >= 0.6 is 0 Å². The lowest BCUT2D eigenvalue weighted by molar-refractivity contribution is -0.138. The molecule has 1 aromatic carbocycles. The maximum absolute atomic E-state index is 13.3. The molecule has 116 valence electrons. The van der Waals surface area contributed by atoms with Crippen LogP contribution in [0.15, 0.2) is 18.2 Å². The van der Waals surface area contributed by atoms with E-state index in [9.17, 15) is 18.4 Å². The molecule has 2 amide bonds. The van der Waals surface area contributed by atoms with Crippen LogP contribution in [-0.2, 0) is 11.3 Å². The smallest absolute Gasteiger partial charge is 0.315 e. The van der Waals surface area contributed by atoms with Crippen molar-refractivity contribution in [1.29, 1.82) is 0 Å². The molecule has 0 bridgehead atoms. The zero-order valence-corrected chi connectivity index (χ0v) is 11.7. The fourth-order valence-corrected chi connectivity index (χ4v) is 1.75. The number of carbonyl (C=O) groups excluding carboxylic acids is 1. The number of rotatable bonds is 7. The number of hydrogen-bond acceptors (Lipinski definition) is 2. The first kappa shape index (κ1) is 16.9. The molecule has 21 heavy (non-hydrogen) atoms. The molecule has 0 aliphatic heterocycles. The van der Waals surface area contributed by atoms with Crippen LogP contribution in [0.2, 0.25) is 0 Å². The van der Waals surface area contributed by atoms with Gasteiger partial charge in [0.25, 0.3) is 0 Å². The number of aliphatic carboxylic acids is 1. The third kappa shape index (κ3) is 6.20. The fourth-order valence-electron chi connectivity index (χ4n) is 1.75. The third-order valence-electron chi connectivity index (χ3n) is 3.05. The van der Waals surface area contributed by atoms with Gasteiger partial charge in [-0.25, -0.2) is 13.6 Å². The Kier molecular flexibility index (Phi) is 6.58. The Morgan fingerprint density at radius 3 is 2.57 bits per heavy atom. The lowest BCUT2D eigenvalue weighted by atomic mass is 10.0. The number of nitrogens with one attached hydrogen (secondary N) is 2. The van der Waals surface area contributed by atoms with Crippen LogP contribution in [-0.4, -0.2) is 23.7 Å². The van der Waals surface area contributed by atoms with Crippen LogP contribution in [0.5, 0.6) is 0 Å². The minimum atomic E-state index is -0.919. The van der Waals surface area contributed by atoms with Crippen molar-refractivity contribution >= 4 is 12.0 Å². The van der Waals surface area contributed by atoms with Gasteiger partial charge >= 0.3 is 12.0 Å². The van der Waals surface area contributed by atoms with Crippen molar-refractivity contribution in [3.8, 4) is 0 Å². The third-order valence-corrected chi connectivity index (χ3v) is 3.05. The molecule has 0 radical (unpaired) electrons. The summed E-state index contributed by atoms with van der Waals surface area (Å²) in [5.41, 5.74) is 0.170. The molecule has 0 spiro atoms. The first-order valence-electron chi connectivity index (χ1n) is 6.59. The van der Waals surface area contributed by atoms with Crippen molar-refractivity contribution in [2.45, 2.75) is 26.3 Å². The number of carbonyl (C=O) groups is 2. The number of carboxylic acid groups (broad SMARTS) is 1. The van der Waals surface area contributed by atoms with Gasteiger partial charge < -0.3 is 15.7 Å². The molecule has 0 fully saturated rings. The second-order valence-corrected chi connectivity index (χ2v) is 4.67. The van der Waals surface area contributed by atoms with Crippen LogP contribution in [0, 0.1) is 17.6 Å². The second kappa shape index (κ2) is 8.18. The molecular weight excluding hydrogens is 282 g/mol. The molecule has 0 aromatic heterocycles. The van der Waals surface area contributed by atoms with Crippen LogP contribution in [0.25, 0.3) is 0 Å². The van der Waals surface area contributed by atoms with E-state index < -0.39 is 23.6 Å². The van der Waals surface area contributed by atoms with Gasteiger partial charge in [-0.3, -0.25) is 4.79 Å². The first-order chi connectivity index (χ1) is 9.92. The van der Waals surface area contributed by atoms with Gasteiger partial charge in [0.15, 0.2) is 0 Å². The Morgan fingerprint density at radius 2 is 2.00 bits per heavy atom. The molecule has 1 atom stereocenters. The molecule has 1 unspecified atom stereocenters. The van der Waals surface area contributed by atoms with Crippen molar-refractivity contribution in [3.05, 3.63) is 35.4 Å². The van der Waals surface area contributed by atoms with Gasteiger partial charge in [-0.15, -0.1) is 0 Å². The van der Waals surface area contributed by atoms with E-state index in [4.69, 9.17) is 5.11 Å². The Balaban J connectivity index is 2.38. The van der Waals surface area contributed by atoms with Gasteiger partial charge in [0.2, 0.25) is 0 Å². The molecule has 0 saturated carbocycles. The summed E-state index contributed by atoms with van der Waals surface area (Å²) in [7, 11) is 0. The zero-order chi connectivity index (χ0) is 15.8. The lowest BCUT2D eigenvalue weighted by Crippen LogP contribution is -2.38. The number of carboxylic acids is 1. The standard InChI is InChI=1S/C14H18F2N2O3/c1-2-9(5-13(19)20)7-17-14(21)18-8-10-3-4-11(15)6-12(10)16/h3-4,6,9H,2,5,7-8H2,1H3,(H,19,20)(H2,17,18,21). The van der Waals surface area contributed by atoms with Crippen LogP contribution < -0.4 is 10.6 Å². The molecule has 7 heteroatoms. The molecule has 0 saturated heterocycles. The SMILES string of the molecule is CCC(CNC(=O)NCc1ccc(F)cc1F)CC(=O)O. The summed E-state index contributed by atoms with van der Waals surface area (Å²) in [6.45, 7) is 1.98. The molecule has 5 nitrogen and oxygen atoms in total. The van der Waals surface area contributed by atoms with E-state index in [1.54, 1.807) is 0 Å². The van der Waals surface area contributed by atoms with Crippen molar-refractivity contribution in [2.75, 3.05) is 6.54 Å². The van der Waals surface area contributed by atoms with Gasteiger partial charge in [0, 0.05) is 31.1 Å². The maximum Gasteiger partial charge on any atom is 0.315 e.